The highest BCUT2D eigenvalue weighted by molar-refractivity contribution is 5.91. The molecule has 6 nitrogen and oxygen atoms in total. The molecule has 1 aliphatic heterocycles. The molecular formula is C20H17F3N4O2. The molecule has 2 heterocycles. The SMILES string of the molecule is O=C(O)c1nn(-c2cccc(C(F)(F)F)c2)nc1N1CC[C@@H](c2ccccc2)C1. The summed E-state index contributed by atoms with van der Waals surface area (Å²) in [5.41, 5.74) is 0.0664. The van der Waals surface area contributed by atoms with Gasteiger partial charge in [-0.3, -0.25) is 0 Å². The van der Waals surface area contributed by atoms with Crippen molar-refractivity contribution in [3.8, 4) is 5.69 Å². The Morgan fingerprint density at radius 1 is 1.07 bits per heavy atom. The number of alkyl halides is 3. The van der Waals surface area contributed by atoms with Crippen LogP contribution in [0, 0.1) is 0 Å². The van der Waals surface area contributed by atoms with Crippen LogP contribution in [0.3, 0.4) is 0 Å². The largest absolute Gasteiger partial charge is 0.476 e. The van der Waals surface area contributed by atoms with E-state index in [0.29, 0.717) is 13.1 Å². The van der Waals surface area contributed by atoms with Crippen LogP contribution in [0.4, 0.5) is 19.0 Å². The first-order valence-corrected chi connectivity index (χ1v) is 9.01. The first-order chi connectivity index (χ1) is 13.8. The van der Waals surface area contributed by atoms with Gasteiger partial charge >= 0.3 is 12.1 Å². The van der Waals surface area contributed by atoms with E-state index in [-0.39, 0.29) is 23.1 Å². The van der Waals surface area contributed by atoms with Crippen LogP contribution in [0.2, 0.25) is 0 Å². The van der Waals surface area contributed by atoms with Crippen LogP contribution in [0.5, 0.6) is 0 Å². The quantitative estimate of drug-likeness (QED) is 0.715. The summed E-state index contributed by atoms with van der Waals surface area (Å²) in [6.45, 7) is 1.15. The minimum Gasteiger partial charge on any atom is -0.476 e. The van der Waals surface area contributed by atoms with Crippen LogP contribution in [0.1, 0.15) is 34.0 Å². The highest BCUT2D eigenvalue weighted by atomic mass is 19.4. The van der Waals surface area contributed by atoms with Gasteiger partial charge in [-0.25, -0.2) is 4.79 Å². The molecule has 0 saturated carbocycles. The third-order valence-electron chi connectivity index (χ3n) is 4.96. The van der Waals surface area contributed by atoms with Crippen molar-refractivity contribution in [3.05, 3.63) is 71.4 Å². The summed E-state index contributed by atoms with van der Waals surface area (Å²) in [5, 5.41) is 17.7. The normalized spacial score (nSPS) is 16.9. The van der Waals surface area contributed by atoms with Crippen LogP contribution in [-0.2, 0) is 6.18 Å². The molecule has 1 fully saturated rings. The summed E-state index contributed by atoms with van der Waals surface area (Å²) in [6.07, 6.45) is -3.70. The van der Waals surface area contributed by atoms with Gasteiger partial charge in [0.25, 0.3) is 0 Å². The fourth-order valence-corrected chi connectivity index (χ4v) is 3.52. The monoisotopic (exact) mass is 402 g/mol. The van der Waals surface area contributed by atoms with Crippen molar-refractivity contribution in [3.63, 3.8) is 0 Å². The maximum absolute atomic E-state index is 13.0. The number of carboxylic acid groups (broad SMARTS) is 1. The van der Waals surface area contributed by atoms with Gasteiger partial charge < -0.3 is 10.0 Å². The predicted octanol–water partition coefficient (Wildman–Crippen LogP) is 3.98. The zero-order valence-corrected chi connectivity index (χ0v) is 15.2. The topological polar surface area (TPSA) is 71.2 Å². The summed E-state index contributed by atoms with van der Waals surface area (Å²) in [4.78, 5) is 14.4. The second kappa shape index (κ2) is 7.23. The number of hydrogen-bond donors (Lipinski definition) is 1. The van der Waals surface area contributed by atoms with E-state index in [1.807, 2.05) is 35.2 Å². The first-order valence-electron chi connectivity index (χ1n) is 9.01. The van der Waals surface area contributed by atoms with Gasteiger partial charge in [0.05, 0.1) is 11.3 Å². The highest BCUT2D eigenvalue weighted by Crippen LogP contribution is 2.33. The molecule has 1 N–H and O–H groups in total. The summed E-state index contributed by atoms with van der Waals surface area (Å²) < 4.78 is 39.0. The van der Waals surface area contributed by atoms with Gasteiger partial charge in [-0.2, -0.15) is 13.2 Å². The van der Waals surface area contributed by atoms with Crippen molar-refractivity contribution in [2.75, 3.05) is 18.0 Å². The molecule has 4 rings (SSSR count). The fraction of sp³-hybridized carbons (Fsp3) is 0.250. The summed E-state index contributed by atoms with van der Waals surface area (Å²) >= 11 is 0. The van der Waals surface area contributed by atoms with Crippen molar-refractivity contribution in [1.82, 2.24) is 15.0 Å². The van der Waals surface area contributed by atoms with E-state index in [4.69, 9.17) is 0 Å². The molecule has 150 valence electrons. The molecule has 0 bridgehead atoms. The molecule has 1 saturated heterocycles. The number of rotatable bonds is 4. The molecular weight excluding hydrogens is 385 g/mol. The fourth-order valence-electron chi connectivity index (χ4n) is 3.52. The molecule has 0 amide bonds. The van der Waals surface area contributed by atoms with Crippen LogP contribution in [0.15, 0.2) is 54.6 Å². The predicted molar refractivity (Wildman–Crippen MR) is 99.3 cm³/mol. The Morgan fingerprint density at radius 3 is 2.52 bits per heavy atom. The van der Waals surface area contributed by atoms with E-state index < -0.39 is 17.7 Å². The Kier molecular flexibility index (Phi) is 4.73. The number of halogens is 3. The molecule has 1 aromatic heterocycles. The van der Waals surface area contributed by atoms with E-state index in [1.165, 1.54) is 12.1 Å². The Bertz CT molecular complexity index is 1030. The lowest BCUT2D eigenvalue weighted by atomic mass is 9.99. The number of nitrogens with zero attached hydrogens (tertiary/aromatic N) is 4. The average Bonchev–Trinajstić information content (AvgIpc) is 3.35. The Morgan fingerprint density at radius 2 is 1.83 bits per heavy atom. The summed E-state index contributed by atoms with van der Waals surface area (Å²) in [6, 6.07) is 14.3. The maximum Gasteiger partial charge on any atom is 0.416 e. The molecule has 0 aliphatic carbocycles. The van der Waals surface area contributed by atoms with Crippen molar-refractivity contribution >= 4 is 11.8 Å². The van der Waals surface area contributed by atoms with E-state index in [9.17, 15) is 23.1 Å². The molecule has 29 heavy (non-hydrogen) atoms. The first kappa shape index (κ1) is 19.0. The molecule has 9 heteroatoms. The van der Waals surface area contributed by atoms with E-state index >= 15 is 0 Å². The van der Waals surface area contributed by atoms with Gasteiger partial charge in [-0.05, 0) is 30.2 Å². The Labute approximate surface area is 164 Å². The smallest absolute Gasteiger partial charge is 0.416 e. The zero-order valence-electron chi connectivity index (χ0n) is 15.2. The Hall–Kier alpha value is -3.36. The molecule has 0 spiro atoms. The molecule has 1 atom stereocenters. The van der Waals surface area contributed by atoms with Gasteiger partial charge in [-0.15, -0.1) is 15.0 Å². The van der Waals surface area contributed by atoms with Crippen molar-refractivity contribution < 1.29 is 23.1 Å². The lowest BCUT2D eigenvalue weighted by Gasteiger charge is -2.16. The average molecular weight is 402 g/mol. The summed E-state index contributed by atoms with van der Waals surface area (Å²) in [5.74, 6) is -0.897. The number of aromatic carboxylic acids is 1. The molecule has 1 aliphatic rings. The molecule has 0 unspecified atom stereocenters. The third-order valence-corrected chi connectivity index (χ3v) is 4.96. The standard InChI is InChI=1S/C20H17F3N4O2/c21-20(22,23)15-7-4-8-16(11-15)27-24-17(19(28)29)18(25-27)26-10-9-14(12-26)13-5-2-1-3-6-13/h1-8,11,14H,9-10,12H2,(H,28,29)/t14-/m1/s1. The second-order valence-electron chi connectivity index (χ2n) is 6.86. The second-order valence-corrected chi connectivity index (χ2v) is 6.86. The zero-order chi connectivity index (χ0) is 20.6. The van der Waals surface area contributed by atoms with Crippen molar-refractivity contribution in [2.24, 2.45) is 0 Å². The number of benzene rings is 2. The third kappa shape index (κ3) is 3.80. The number of carbonyl (C=O) groups is 1. The van der Waals surface area contributed by atoms with Gasteiger partial charge in [0.15, 0.2) is 5.82 Å². The number of carboxylic acids is 1. The van der Waals surface area contributed by atoms with Gasteiger partial charge in [0.1, 0.15) is 0 Å². The summed E-state index contributed by atoms with van der Waals surface area (Å²) in [7, 11) is 0. The molecule has 2 aromatic carbocycles. The molecule has 3 aromatic rings. The van der Waals surface area contributed by atoms with Gasteiger partial charge in [0, 0.05) is 19.0 Å². The number of anilines is 1. The van der Waals surface area contributed by atoms with Crippen LogP contribution in [-0.4, -0.2) is 39.2 Å². The Balaban J connectivity index is 1.66. The lowest BCUT2D eigenvalue weighted by molar-refractivity contribution is -0.137. The minimum atomic E-state index is -4.51. The van der Waals surface area contributed by atoms with Crippen molar-refractivity contribution in [1.29, 1.82) is 0 Å². The maximum atomic E-state index is 13.0. The number of hydrogen-bond acceptors (Lipinski definition) is 4. The van der Waals surface area contributed by atoms with Crippen LogP contribution < -0.4 is 4.90 Å². The van der Waals surface area contributed by atoms with E-state index in [0.717, 1.165) is 28.9 Å². The minimum absolute atomic E-state index is 0.0485. The van der Waals surface area contributed by atoms with E-state index in [2.05, 4.69) is 10.2 Å². The van der Waals surface area contributed by atoms with E-state index in [1.54, 1.807) is 0 Å². The van der Waals surface area contributed by atoms with Crippen LogP contribution >= 0.6 is 0 Å². The van der Waals surface area contributed by atoms with Gasteiger partial charge in [-0.1, -0.05) is 36.4 Å². The molecule has 0 radical (unpaired) electrons. The number of aromatic nitrogens is 3. The highest BCUT2D eigenvalue weighted by Gasteiger charge is 2.32. The van der Waals surface area contributed by atoms with Crippen molar-refractivity contribution in [2.45, 2.75) is 18.5 Å². The van der Waals surface area contributed by atoms with Gasteiger partial charge in [0.2, 0.25) is 5.69 Å². The lowest BCUT2D eigenvalue weighted by Crippen LogP contribution is -2.22. The van der Waals surface area contributed by atoms with Crippen LogP contribution in [0.25, 0.3) is 5.69 Å².